The van der Waals surface area contributed by atoms with Crippen LogP contribution in [-0.4, -0.2) is 22.1 Å². The van der Waals surface area contributed by atoms with Gasteiger partial charge in [-0.15, -0.1) is 0 Å². The van der Waals surface area contributed by atoms with E-state index in [0.717, 1.165) is 11.1 Å². The molecule has 0 fully saturated rings. The number of phenolic OH excluding ortho intramolecular Hbond substituents is 2. The summed E-state index contributed by atoms with van der Waals surface area (Å²) in [5.41, 5.74) is 3.13. The first kappa shape index (κ1) is 20.9. The molecule has 6 nitrogen and oxygen atoms in total. The van der Waals surface area contributed by atoms with Crippen molar-refractivity contribution < 1.29 is 24.5 Å². The minimum atomic E-state index is -1.25. The maximum Gasteiger partial charge on any atom is 0.343 e. The number of benzene rings is 3. The molecule has 0 saturated heterocycles. The largest absolute Gasteiger partial charge is 0.504 e. The highest BCUT2D eigenvalue weighted by atomic mass is 16.5. The normalized spacial score (nSPS) is 11.6. The Labute approximate surface area is 174 Å². The van der Waals surface area contributed by atoms with Crippen LogP contribution >= 0.6 is 0 Å². The van der Waals surface area contributed by atoms with Crippen molar-refractivity contribution in [2.45, 2.75) is 26.9 Å². The predicted octanol–water partition coefficient (Wildman–Crippen LogP) is 4.56. The van der Waals surface area contributed by atoms with E-state index in [0.29, 0.717) is 16.8 Å². The molecule has 1 amide bonds. The number of carbonyl (C=O) groups excluding carboxylic acids is 2. The monoisotopic (exact) mass is 405 g/mol. The highest BCUT2D eigenvalue weighted by Crippen LogP contribution is 2.33. The van der Waals surface area contributed by atoms with E-state index in [1.165, 1.54) is 12.1 Å². The zero-order valence-electron chi connectivity index (χ0n) is 17.0. The second-order valence-corrected chi connectivity index (χ2v) is 7.13. The van der Waals surface area contributed by atoms with Crippen molar-refractivity contribution in [1.82, 2.24) is 0 Å². The Morgan fingerprint density at radius 2 is 1.53 bits per heavy atom. The first-order valence-electron chi connectivity index (χ1n) is 9.43. The van der Waals surface area contributed by atoms with Crippen molar-refractivity contribution in [2.75, 3.05) is 5.32 Å². The molecule has 0 bridgehead atoms. The van der Waals surface area contributed by atoms with E-state index >= 15 is 0 Å². The van der Waals surface area contributed by atoms with Gasteiger partial charge in [0.25, 0.3) is 5.91 Å². The number of aryl methyl sites for hydroxylation is 3. The molecule has 6 heteroatoms. The fourth-order valence-electron chi connectivity index (χ4n) is 2.99. The van der Waals surface area contributed by atoms with Crippen molar-refractivity contribution in [2.24, 2.45) is 0 Å². The summed E-state index contributed by atoms with van der Waals surface area (Å²) in [6, 6.07) is 17.1. The Bertz CT molecular complexity index is 1090. The smallest absolute Gasteiger partial charge is 0.343 e. The standard InChI is InChI=1S/C24H23NO5/c1-14-9-10-15(2)19(13-14)25-23(28)22(17-7-5-4-6-8-17)30-24(29)18-12-11-16(3)20(26)21(18)27/h4-13,22,26-27H,1-3H3,(H,25,28)/t22-/m0/s1. The number of anilines is 1. The number of nitrogens with one attached hydrogen (secondary N) is 1. The average Bonchev–Trinajstić information content (AvgIpc) is 2.73. The Morgan fingerprint density at radius 3 is 2.23 bits per heavy atom. The quantitative estimate of drug-likeness (QED) is 0.427. The lowest BCUT2D eigenvalue weighted by molar-refractivity contribution is -0.125. The van der Waals surface area contributed by atoms with E-state index in [1.807, 2.05) is 32.0 Å². The molecule has 30 heavy (non-hydrogen) atoms. The molecule has 0 heterocycles. The van der Waals surface area contributed by atoms with Crippen molar-refractivity contribution in [1.29, 1.82) is 0 Å². The molecule has 0 aliphatic rings. The lowest BCUT2D eigenvalue weighted by Gasteiger charge is -2.19. The molecule has 0 aliphatic carbocycles. The number of amides is 1. The third-order valence-corrected chi connectivity index (χ3v) is 4.79. The molecule has 3 aromatic carbocycles. The van der Waals surface area contributed by atoms with Crippen LogP contribution in [0.5, 0.6) is 11.5 Å². The molecular weight excluding hydrogens is 382 g/mol. The summed E-state index contributed by atoms with van der Waals surface area (Å²) in [4.78, 5) is 25.8. The van der Waals surface area contributed by atoms with Gasteiger partial charge in [0, 0.05) is 11.3 Å². The van der Waals surface area contributed by atoms with Crippen LogP contribution in [0.15, 0.2) is 60.7 Å². The van der Waals surface area contributed by atoms with Crippen molar-refractivity contribution in [3.05, 3.63) is 88.5 Å². The van der Waals surface area contributed by atoms with Gasteiger partial charge < -0.3 is 20.3 Å². The van der Waals surface area contributed by atoms with Gasteiger partial charge >= 0.3 is 5.97 Å². The summed E-state index contributed by atoms with van der Waals surface area (Å²) in [5, 5.41) is 22.8. The molecule has 154 valence electrons. The molecular formula is C24H23NO5. The topological polar surface area (TPSA) is 95.9 Å². The van der Waals surface area contributed by atoms with Crippen molar-refractivity contribution in [3.8, 4) is 11.5 Å². The fourth-order valence-corrected chi connectivity index (χ4v) is 2.99. The van der Waals surface area contributed by atoms with E-state index in [-0.39, 0.29) is 5.56 Å². The highest BCUT2D eigenvalue weighted by molar-refractivity contribution is 5.99. The molecule has 0 saturated carbocycles. The Kier molecular flexibility index (Phi) is 6.06. The fraction of sp³-hybridized carbons (Fsp3) is 0.167. The van der Waals surface area contributed by atoms with E-state index < -0.39 is 29.5 Å². The molecule has 0 aromatic heterocycles. The zero-order valence-corrected chi connectivity index (χ0v) is 17.0. The predicted molar refractivity (Wildman–Crippen MR) is 114 cm³/mol. The SMILES string of the molecule is Cc1ccc(C)c(NC(=O)[C@@H](OC(=O)c2ccc(C)c(O)c2O)c2ccccc2)c1. The van der Waals surface area contributed by atoms with Crippen LogP contribution in [0.1, 0.15) is 38.7 Å². The maximum atomic E-state index is 13.0. The number of hydrogen-bond donors (Lipinski definition) is 3. The second kappa shape index (κ2) is 8.69. The number of rotatable bonds is 5. The first-order chi connectivity index (χ1) is 14.3. The summed E-state index contributed by atoms with van der Waals surface area (Å²) in [6.45, 7) is 5.37. The minimum Gasteiger partial charge on any atom is -0.504 e. The van der Waals surface area contributed by atoms with Gasteiger partial charge in [0.05, 0.1) is 0 Å². The summed E-state index contributed by atoms with van der Waals surface area (Å²) in [7, 11) is 0. The molecule has 1 atom stereocenters. The summed E-state index contributed by atoms with van der Waals surface area (Å²) < 4.78 is 5.48. The molecule has 0 aliphatic heterocycles. The summed E-state index contributed by atoms with van der Waals surface area (Å²) in [5.74, 6) is -2.44. The average molecular weight is 405 g/mol. The van der Waals surface area contributed by atoms with Crippen molar-refractivity contribution >= 4 is 17.6 Å². The third-order valence-electron chi connectivity index (χ3n) is 4.79. The van der Waals surface area contributed by atoms with Crippen LogP contribution in [0.4, 0.5) is 5.69 Å². The third kappa shape index (κ3) is 4.43. The molecule has 0 unspecified atom stereocenters. The molecule has 0 spiro atoms. The number of hydrogen-bond acceptors (Lipinski definition) is 5. The van der Waals surface area contributed by atoms with Crippen LogP contribution in [-0.2, 0) is 9.53 Å². The number of aromatic hydroxyl groups is 2. The van der Waals surface area contributed by atoms with Gasteiger partial charge in [-0.25, -0.2) is 4.79 Å². The zero-order chi connectivity index (χ0) is 21.8. The second-order valence-electron chi connectivity index (χ2n) is 7.13. The van der Waals surface area contributed by atoms with Crippen LogP contribution in [0.3, 0.4) is 0 Å². The number of esters is 1. The van der Waals surface area contributed by atoms with E-state index in [4.69, 9.17) is 4.74 Å². The lowest BCUT2D eigenvalue weighted by Crippen LogP contribution is -2.26. The Balaban J connectivity index is 1.92. The molecule has 0 radical (unpaired) electrons. The summed E-state index contributed by atoms with van der Waals surface area (Å²) >= 11 is 0. The van der Waals surface area contributed by atoms with E-state index in [1.54, 1.807) is 37.3 Å². The number of ether oxygens (including phenoxy) is 1. The molecule has 3 rings (SSSR count). The minimum absolute atomic E-state index is 0.224. The van der Waals surface area contributed by atoms with Gasteiger partial charge in [-0.1, -0.05) is 48.5 Å². The maximum absolute atomic E-state index is 13.0. The van der Waals surface area contributed by atoms with Gasteiger partial charge in [0.2, 0.25) is 6.10 Å². The van der Waals surface area contributed by atoms with Crippen LogP contribution < -0.4 is 5.32 Å². The molecule has 3 aromatic rings. The van der Waals surface area contributed by atoms with Crippen LogP contribution in [0.25, 0.3) is 0 Å². The molecule has 3 N–H and O–H groups in total. The lowest BCUT2D eigenvalue weighted by atomic mass is 10.1. The van der Waals surface area contributed by atoms with Gasteiger partial charge in [-0.2, -0.15) is 0 Å². The Hall–Kier alpha value is -3.80. The van der Waals surface area contributed by atoms with E-state index in [2.05, 4.69) is 5.32 Å². The van der Waals surface area contributed by atoms with Crippen LogP contribution in [0.2, 0.25) is 0 Å². The van der Waals surface area contributed by atoms with Gasteiger partial charge in [-0.3, -0.25) is 4.79 Å². The first-order valence-corrected chi connectivity index (χ1v) is 9.43. The number of carbonyl (C=O) groups is 2. The number of phenols is 2. The summed E-state index contributed by atoms with van der Waals surface area (Å²) in [6.07, 6.45) is -1.25. The van der Waals surface area contributed by atoms with Gasteiger partial charge in [0.1, 0.15) is 5.56 Å². The Morgan fingerprint density at radius 1 is 0.867 bits per heavy atom. The van der Waals surface area contributed by atoms with E-state index in [9.17, 15) is 19.8 Å². The highest BCUT2D eigenvalue weighted by Gasteiger charge is 2.28. The van der Waals surface area contributed by atoms with Crippen molar-refractivity contribution in [3.63, 3.8) is 0 Å². The van der Waals surface area contributed by atoms with Gasteiger partial charge in [0.15, 0.2) is 11.5 Å². The van der Waals surface area contributed by atoms with Crippen LogP contribution in [0, 0.1) is 20.8 Å². The van der Waals surface area contributed by atoms with Gasteiger partial charge in [-0.05, 0) is 49.6 Å².